The molecule has 0 fully saturated rings. The number of esters is 1. The molecule has 11 nitrogen and oxygen atoms in total. The number of rotatable bonds is 26. The minimum Gasteiger partial charge on any atom is -0.491 e. The van der Waals surface area contributed by atoms with Gasteiger partial charge in [0.25, 0.3) is 0 Å². The third kappa shape index (κ3) is 16.1. The van der Waals surface area contributed by atoms with E-state index in [1.165, 1.54) is 25.0 Å². The first-order valence-corrected chi connectivity index (χ1v) is 16.9. The molecular formula is C36H55NO10. The van der Waals surface area contributed by atoms with Crippen molar-refractivity contribution in [2.24, 2.45) is 5.92 Å². The maximum atomic E-state index is 13.5. The van der Waals surface area contributed by atoms with Crippen LogP contribution in [0.15, 0.2) is 36.4 Å². The van der Waals surface area contributed by atoms with Gasteiger partial charge in [-0.2, -0.15) is 0 Å². The average molecular weight is 662 g/mol. The van der Waals surface area contributed by atoms with Crippen LogP contribution in [0.4, 0.5) is 0 Å². The highest BCUT2D eigenvalue weighted by molar-refractivity contribution is 5.94. The Hall–Kier alpha value is -3.73. The third-order valence-electron chi connectivity index (χ3n) is 8.13. The van der Waals surface area contributed by atoms with E-state index in [4.69, 9.17) is 9.47 Å². The van der Waals surface area contributed by atoms with E-state index in [2.05, 4.69) is 12.2 Å². The number of amides is 1. The molecular weight excluding hydrogens is 606 g/mol. The maximum Gasteiger partial charge on any atom is 0.337 e. The van der Waals surface area contributed by atoms with E-state index in [-0.39, 0.29) is 18.3 Å². The number of methoxy groups -OCH3 is 1. The van der Waals surface area contributed by atoms with Crippen LogP contribution in [0.5, 0.6) is 5.75 Å². The number of allylic oxidation sites excluding steroid dienone is 1. The van der Waals surface area contributed by atoms with Gasteiger partial charge in [0, 0.05) is 19.3 Å². The van der Waals surface area contributed by atoms with Crippen molar-refractivity contribution in [1.29, 1.82) is 0 Å². The number of hydrogen-bond acceptors (Lipinski definition) is 8. The molecule has 0 aromatic heterocycles. The van der Waals surface area contributed by atoms with E-state index in [0.717, 1.165) is 52.1 Å². The second-order valence-electron chi connectivity index (χ2n) is 12.1. The molecule has 1 amide bonds. The van der Waals surface area contributed by atoms with E-state index in [0.29, 0.717) is 37.0 Å². The quantitative estimate of drug-likeness (QED) is 0.0539. The maximum absolute atomic E-state index is 13.5. The Morgan fingerprint density at radius 3 is 2.02 bits per heavy atom. The molecule has 0 aliphatic heterocycles. The minimum atomic E-state index is -2.97. The largest absolute Gasteiger partial charge is 0.491 e. The molecule has 0 aliphatic rings. The summed E-state index contributed by atoms with van der Waals surface area (Å²) in [7, 11) is 1.14. The molecule has 4 N–H and O–H groups in total. The van der Waals surface area contributed by atoms with E-state index < -0.39 is 47.8 Å². The molecule has 1 rings (SSSR count). The number of nitrogens with one attached hydrogen (secondary N) is 1. The lowest BCUT2D eigenvalue weighted by Gasteiger charge is -2.29. The minimum absolute atomic E-state index is 0.00967. The summed E-state index contributed by atoms with van der Waals surface area (Å²) in [4.78, 5) is 61.8. The predicted octanol–water partition coefficient (Wildman–Crippen LogP) is 5.80. The summed E-state index contributed by atoms with van der Waals surface area (Å²) in [5.41, 5.74) is -2.32. The van der Waals surface area contributed by atoms with Crippen molar-refractivity contribution in [3.63, 3.8) is 0 Å². The lowest BCUT2D eigenvalue weighted by molar-refractivity contribution is -0.172. The molecule has 1 aromatic rings. The number of Topliss-reactive ketones (excluding diaryl/α,β-unsaturated/α-hetero) is 1. The van der Waals surface area contributed by atoms with Gasteiger partial charge in [-0.1, -0.05) is 76.7 Å². The number of benzene rings is 1. The molecule has 0 radical (unpaired) electrons. The number of unbranched alkanes of at least 4 members (excludes halogenated alkanes) is 8. The first-order chi connectivity index (χ1) is 22.4. The number of carbonyl (C=O) groups is 5. The zero-order chi connectivity index (χ0) is 35.2. The lowest BCUT2D eigenvalue weighted by atomic mass is 9.82. The van der Waals surface area contributed by atoms with E-state index >= 15 is 0 Å². The Morgan fingerprint density at radius 2 is 1.49 bits per heavy atom. The van der Waals surface area contributed by atoms with Gasteiger partial charge in [0.15, 0.2) is 5.60 Å². The van der Waals surface area contributed by atoms with Crippen molar-refractivity contribution in [3.05, 3.63) is 42.0 Å². The van der Waals surface area contributed by atoms with Crippen LogP contribution in [0.1, 0.15) is 116 Å². The number of aliphatic hydroxyl groups is 1. The summed E-state index contributed by atoms with van der Waals surface area (Å²) in [5, 5.41) is 32.6. The van der Waals surface area contributed by atoms with Gasteiger partial charge in [0.2, 0.25) is 5.91 Å². The van der Waals surface area contributed by atoms with Crippen LogP contribution in [0.2, 0.25) is 0 Å². The highest BCUT2D eigenvalue weighted by Gasteiger charge is 2.49. The van der Waals surface area contributed by atoms with Crippen LogP contribution in [0, 0.1) is 5.92 Å². The van der Waals surface area contributed by atoms with Gasteiger partial charge >= 0.3 is 17.9 Å². The summed E-state index contributed by atoms with van der Waals surface area (Å²) in [5.74, 6) is -6.23. The van der Waals surface area contributed by atoms with Gasteiger partial charge in [-0.3, -0.25) is 14.4 Å². The van der Waals surface area contributed by atoms with Gasteiger partial charge in [-0.15, -0.1) is 0 Å². The highest BCUT2D eigenvalue weighted by atomic mass is 16.5. The number of hydrogen-bond donors (Lipinski definition) is 4. The van der Waals surface area contributed by atoms with Gasteiger partial charge in [-0.05, 0) is 56.7 Å². The van der Waals surface area contributed by atoms with Gasteiger partial charge in [-0.25, -0.2) is 9.59 Å². The fourth-order valence-corrected chi connectivity index (χ4v) is 5.09. The molecule has 47 heavy (non-hydrogen) atoms. The van der Waals surface area contributed by atoms with Crippen LogP contribution in [-0.4, -0.2) is 69.8 Å². The number of aliphatic carboxylic acids is 2. The first-order valence-electron chi connectivity index (χ1n) is 16.9. The lowest BCUT2D eigenvalue weighted by Crippen LogP contribution is -2.55. The zero-order valence-corrected chi connectivity index (χ0v) is 28.5. The molecule has 4 atom stereocenters. The highest BCUT2D eigenvalue weighted by Crippen LogP contribution is 2.26. The monoisotopic (exact) mass is 661 g/mol. The van der Waals surface area contributed by atoms with Crippen LogP contribution in [-0.2, 0) is 35.1 Å². The molecule has 11 heteroatoms. The average Bonchev–Trinajstić information content (AvgIpc) is 3.03. The summed E-state index contributed by atoms with van der Waals surface area (Å²) in [6.45, 7) is 6.09. The van der Waals surface area contributed by atoms with Crippen LogP contribution in [0.3, 0.4) is 0 Å². The third-order valence-corrected chi connectivity index (χ3v) is 8.13. The Balaban J connectivity index is 2.89. The smallest absolute Gasteiger partial charge is 0.337 e. The van der Waals surface area contributed by atoms with Crippen molar-refractivity contribution in [3.8, 4) is 5.75 Å². The summed E-state index contributed by atoms with van der Waals surface area (Å²) in [6.07, 6.45) is 12.5. The molecule has 0 heterocycles. The normalized spacial score (nSPS) is 14.5. The topological polar surface area (TPSA) is 177 Å². The molecule has 0 saturated carbocycles. The van der Waals surface area contributed by atoms with Gasteiger partial charge in [0.1, 0.15) is 17.6 Å². The number of carboxylic acids is 2. The van der Waals surface area contributed by atoms with Gasteiger partial charge in [0.05, 0.1) is 25.6 Å². The standard InChI is InChI=1S/C36H55NO10/c1-5-7-8-11-14-17-28(38)18-15-12-9-10-13-16-19-30(36(45,35(43)44)25-32(39)40)33(41)37-31(34(42)46-4)24-27-20-22-29(23-21-27)47-26(3)6-2/h16,19-23,26,30-31,45H,5-15,17-18,24-25H2,1-4H3,(H,37,41)(H,39,40)(H,43,44)/b19-16+/t26?,30-,31+,36+/m1/s1. The van der Waals surface area contributed by atoms with E-state index in [9.17, 15) is 39.3 Å². The molecule has 0 aliphatic carbocycles. The van der Waals surface area contributed by atoms with Crippen molar-refractivity contribution in [2.45, 2.75) is 135 Å². The van der Waals surface area contributed by atoms with Crippen molar-refractivity contribution in [2.75, 3.05) is 7.11 Å². The van der Waals surface area contributed by atoms with Crippen molar-refractivity contribution < 1.29 is 48.8 Å². The zero-order valence-electron chi connectivity index (χ0n) is 28.5. The van der Waals surface area contributed by atoms with E-state index in [1.807, 2.05) is 13.8 Å². The van der Waals surface area contributed by atoms with Crippen molar-refractivity contribution >= 4 is 29.6 Å². The van der Waals surface area contributed by atoms with Gasteiger partial charge < -0.3 is 30.1 Å². The summed E-state index contributed by atoms with van der Waals surface area (Å²) >= 11 is 0. The number of ether oxygens (including phenoxy) is 2. The number of carbonyl (C=O) groups excluding carboxylic acids is 3. The fourth-order valence-electron chi connectivity index (χ4n) is 5.09. The fraction of sp³-hybridized carbons (Fsp3) is 0.639. The molecule has 0 saturated heterocycles. The Bertz CT molecular complexity index is 1150. The van der Waals surface area contributed by atoms with Crippen LogP contribution >= 0.6 is 0 Å². The molecule has 264 valence electrons. The SMILES string of the molecule is CCCCCCCC(=O)CCCCCC/C=C/[C@H](C(=O)N[C@@H](Cc1ccc(OC(C)CC)cc1)C(=O)OC)[C@@](O)(CC(=O)O)C(=O)O. The first kappa shape index (κ1) is 41.3. The van der Waals surface area contributed by atoms with Crippen LogP contribution < -0.4 is 10.1 Å². The molecule has 1 aromatic carbocycles. The Labute approximate surface area is 279 Å². The van der Waals surface area contributed by atoms with E-state index in [1.54, 1.807) is 24.3 Å². The van der Waals surface area contributed by atoms with Crippen LogP contribution in [0.25, 0.3) is 0 Å². The summed E-state index contributed by atoms with van der Waals surface area (Å²) in [6, 6.07) is 5.66. The second-order valence-corrected chi connectivity index (χ2v) is 12.1. The Kier molecular flexibility index (Phi) is 20.0. The summed E-state index contributed by atoms with van der Waals surface area (Å²) < 4.78 is 10.6. The predicted molar refractivity (Wildman–Crippen MR) is 178 cm³/mol. The number of carboxylic acid groups (broad SMARTS) is 2. The molecule has 0 bridgehead atoms. The second kappa shape index (κ2) is 22.7. The molecule has 1 unspecified atom stereocenters. The Morgan fingerprint density at radius 1 is 0.894 bits per heavy atom. The van der Waals surface area contributed by atoms with Crippen molar-refractivity contribution in [1.82, 2.24) is 5.32 Å². The number of ketones is 1. The molecule has 0 spiro atoms.